The minimum Gasteiger partial charge on any atom is -0.493 e. The van der Waals surface area contributed by atoms with E-state index < -0.39 is 0 Å². The van der Waals surface area contributed by atoms with E-state index in [-0.39, 0.29) is 5.91 Å². The molecule has 7 heteroatoms. The summed E-state index contributed by atoms with van der Waals surface area (Å²) < 4.78 is 22.5. The molecule has 0 saturated heterocycles. The lowest BCUT2D eigenvalue weighted by Gasteiger charge is -2.13. The van der Waals surface area contributed by atoms with Crippen molar-refractivity contribution < 1.29 is 23.7 Å². The third kappa shape index (κ3) is 6.75. The Morgan fingerprint density at radius 2 is 1.53 bits per heavy atom. The predicted molar refractivity (Wildman–Crippen MR) is 132 cm³/mol. The first-order valence-corrected chi connectivity index (χ1v) is 11.1. The summed E-state index contributed by atoms with van der Waals surface area (Å²) in [5.41, 5.74) is 5.99. The fraction of sp³-hybridized carbons (Fsp3) is 0.259. The summed E-state index contributed by atoms with van der Waals surface area (Å²) in [5.74, 6) is 1.97. The molecule has 0 unspecified atom stereocenters. The third-order valence-corrected chi connectivity index (χ3v) is 4.89. The van der Waals surface area contributed by atoms with Gasteiger partial charge < -0.3 is 18.9 Å². The van der Waals surface area contributed by atoms with E-state index in [1.807, 2.05) is 44.2 Å². The van der Waals surface area contributed by atoms with Crippen molar-refractivity contribution in [1.29, 1.82) is 0 Å². The Balaban J connectivity index is 1.65. The van der Waals surface area contributed by atoms with Crippen molar-refractivity contribution in [2.45, 2.75) is 27.4 Å². The summed E-state index contributed by atoms with van der Waals surface area (Å²) in [4.78, 5) is 12.5. The second kappa shape index (κ2) is 12.3. The lowest BCUT2D eigenvalue weighted by Crippen LogP contribution is -2.17. The summed E-state index contributed by atoms with van der Waals surface area (Å²) in [5, 5.41) is 4.08. The number of amides is 1. The molecule has 3 aromatic rings. The fourth-order valence-corrected chi connectivity index (χ4v) is 3.15. The predicted octanol–water partition coefficient (Wildman–Crippen LogP) is 5.14. The highest BCUT2D eigenvalue weighted by Gasteiger charge is 2.11. The van der Waals surface area contributed by atoms with Crippen LogP contribution in [0.3, 0.4) is 0 Å². The quantitative estimate of drug-likeness (QED) is 0.315. The monoisotopic (exact) mass is 462 g/mol. The van der Waals surface area contributed by atoms with E-state index in [4.69, 9.17) is 18.9 Å². The maximum absolute atomic E-state index is 12.5. The summed E-state index contributed by atoms with van der Waals surface area (Å²) in [6.07, 6.45) is 1.55. The smallest absolute Gasteiger partial charge is 0.271 e. The van der Waals surface area contributed by atoms with Gasteiger partial charge in [-0.05, 0) is 68.3 Å². The molecule has 0 bridgehead atoms. The topological polar surface area (TPSA) is 78.4 Å². The zero-order valence-corrected chi connectivity index (χ0v) is 20.0. The van der Waals surface area contributed by atoms with Gasteiger partial charge in [-0.25, -0.2) is 5.43 Å². The van der Waals surface area contributed by atoms with Crippen LogP contribution in [-0.2, 0) is 6.61 Å². The molecule has 0 atom stereocenters. The lowest BCUT2D eigenvalue weighted by molar-refractivity contribution is 0.0954. The molecule has 0 saturated carbocycles. The van der Waals surface area contributed by atoms with Crippen molar-refractivity contribution in [2.75, 3.05) is 20.3 Å². The first-order chi connectivity index (χ1) is 16.5. The number of aryl methyl sites for hydroxylation is 1. The molecule has 0 aliphatic rings. The SMILES string of the molecule is CCOc1cc(C(=O)N/N=C/c2ccc(OCc3ccc(C)cc3)c(OCC)c2)ccc1OC. The van der Waals surface area contributed by atoms with Gasteiger partial charge in [0.05, 0.1) is 26.5 Å². The number of nitrogens with zero attached hydrogens (tertiary/aromatic N) is 1. The average molecular weight is 463 g/mol. The van der Waals surface area contributed by atoms with Gasteiger partial charge >= 0.3 is 0 Å². The van der Waals surface area contributed by atoms with E-state index in [0.29, 0.717) is 48.4 Å². The maximum Gasteiger partial charge on any atom is 0.271 e. The van der Waals surface area contributed by atoms with Crippen LogP contribution < -0.4 is 24.4 Å². The normalized spacial score (nSPS) is 10.7. The Labute approximate surface area is 200 Å². The molecular formula is C27H30N2O5. The van der Waals surface area contributed by atoms with Crippen molar-refractivity contribution in [3.63, 3.8) is 0 Å². The zero-order chi connectivity index (χ0) is 24.3. The number of rotatable bonds is 11. The Morgan fingerprint density at radius 1 is 0.853 bits per heavy atom. The number of carbonyl (C=O) groups excluding carboxylic acids is 1. The average Bonchev–Trinajstić information content (AvgIpc) is 2.85. The van der Waals surface area contributed by atoms with Gasteiger partial charge in [-0.15, -0.1) is 0 Å². The van der Waals surface area contributed by atoms with E-state index in [1.54, 1.807) is 31.5 Å². The van der Waals surface area contributed by atoms with Crippen LogP contribution in [0.2, 0.25) is 0 Å². The van der Waals surface area contributed by atoms with Crippen LogP contribution in [0.1, 0.15) is 40.9 Å². The molecule has 0 heterocycles. The second-order valence-electron chi connectivity index (χ2n) is 7.41. The third-order valence-electron chi connectivity index (χ3n) is 4.89. The van der Waals surface area contributed by atoms with Crippen LogP contribution >= 0.6 is 0 Å². The molecule has 3 aromatic carbocycles. The van der Waals surface area contributed by atoms with Crippen molar-refractivity contribution >= 4 is 12.1 Å². The number of benzene rings is 3. The molecule has 0 aliphatic carbocycles. The molecule has 1 amide bonds. The number of ether oxygens (including phenoxy) is 4. The highest BCUT2D eigenvalue weighted by atomic mass is 16.5. The van der Waals surface area contributed by atoms with Crippen LogP contribution in [0.25, 0.3) is 0 Å². The van der Waals surface area contributed by atoms with Gasteiger partial charge in [0.15, 0.2) is 23.0 Å². The largest absolute Gasteiger partial charge is 0.493 e. The minimum atomic E-state index is -0.358. The molecule has 0 fully saturated rings. The minimum absolute atomic E-state index is 0.358. The highest BCUT2D eigenvalue weighted by Crippen LogP contribution is 2.29. The van der Waals surface area contributed by atoms with Gasteiger partial charge in [0.25, 0.3) is 5.91 Å². The van der Waals surface area contributed by atoms with Crippen LogP contribution in [-0.4, -0.2) is 32.4 Å². The fourth-order valence-electron chi connectivity index (χ4n) is 3.15. The van der Waals surface area contributed by atoms with Crippen molar-refractivity contribution in [1.82, 2.24) is 5.43 Å². The first kappa shape index (κ1) is 24.6. The van der Waals surface area contributed by atoms with Gasteiger partial charge in [0, 0.05) is 5.56 Å². The van der Waals surface area contributed by atoms with E-state index in [2.05, 4.69) is 29.6 Å². The van der Waals surface area contributed by atoms with Crippen LogP contribution in [0, 0.1) is 6.92 Å². The lowest BCUT2D eigenvalue weighted by atomic mass is 10.2. The first-order valence-electron chi connectivity index (χ1n) is 11.1. The van der Waals surface area contributed by atoms with E-state index in [0.717, 1.165) is 11.1 Å². The maximum atomic E-state index is 12.5. The molecule has 3 rings (SSSR count). The Bertz CT molecular complexity index is 1130. The van der Waals surface area contributed by atoms with Crippen molar-refractivity contribution in [3.05, 3.63) is 82.9 Å². The van der Waals surface area contributed by atoms with Crippen LogP contribution in [0.4, 0.5) is 0 Å². The molecule has 0 spiro atoms. The number of nitrogens with one attached hydrogen (secondary N) is 1. The summed E-state index contributed by atoms with van der Waals surface area (Å²) in [6.45, 7) is 7.23. The number of hydrogen-bond donors (Lipinski definition) is 1. The molecule has 1 N–H and O–H groups in total. The number of hydrogen-bond acceptors (Lipinski definition) is 6. The van der Waals surface area contributed by atoms with Crippen molar-refractivity contribution in [2.24, 2.45) is 5.10 Å². The second-order valence-corrected chi connectivity index (χ2v) is 7.41. The van der Waals surface area contributed by atoms with Gasteiger partial charge in [0.1, 0.15) is 6.61 Å². The number of hydrazone groups is 1. The molecule has 0 radical (unpaired) electrons. The van der Waals surface area contributed by atoms with Crippen molar-refractivity contribution in [3.8, 4) is 23.0 Å². The number of carbonyl (C=O) groups is 1. The summed E-state index contributed by atoms with van der Waals surface area (Å²) in [7, 11) is 1.55. The van der Waals surface area contributed by atoms with Gasteiger partial charge in [-0.3, -0.25) is 4.79 Å². The van der Waals surface area contributed by atoms with E-state index in [9.17, 15) is 4.79 Å². The molecular weight excluding hydrogens is 432 g/mol. The standard InChI is InChI=1S/C27H30N2O5/c1-5-32-25-15-21(11-13-24(25)34-18-20-9-7-19(3)8-10-20)17-28-29-27(30)22-12-14-23(31-4)26(16-22)33-6-2/h7-17H,5-6,18H2,1-4H3,(H,29,30)/b28-17+. The van der Waals surface area contributed by atoms with Crippen LogP contribution in [0.15, 0.2) is 65.8 Å². The van der Waals surface area contributed by atoms with E-state index in [1.165, 1.54) is 5.56 Å². The Hall–Kier alpha value is -4.00. The summed E-state index contributed by atoms with van der Waals surface area (Å²) >= 11 is 0. The van der Waals surface area contributed by atoms with Crippen LogP contribution in [0.5, 0.6) is 23.0 Å². The molecule has 34 heavy (non-hydrogen) atoms. The molecule has 0 aliphatic heterocycles. The Kier molecular flexibility index (Phi) is 8.91. The molecule has 0 aromatic heterocycles. The molecule has 7 nitrogen and oxygen atoms in total. The summed E-state index contributed by atoms with van der Waals surface area (Å²) in [6, 6.07) is 18.7. The van der Waals surface area contributed by atoms with Gasteiger partial charge in [0.2, 0.25) is 0 Å². The zero-order valence-electron chi connectivity index (χ0n) is 20.0. The number of methoxy groups -OCH3 is 1. The Morgan fingerprint density at radius 3 is 2.21 bits per heavy atom. The van der Waals surface area contributed by atoms with E-state index >= 15 is 0 Å². The molecule has 178 valence electrons. The highest BCUT2D eigenvalue weighted by molar-refractivity contribution is 5.95. The van der Waals surface area contributed by atoms with Gasteiger partial charge in [-0.1, -0.05) is 29.8 Å². The van der Waals surface area contributed by atoms with Gasteiger partial charge in [-0.2, -0.15) is 5.10 Å².